The highest BCUT2D eigenvalue weighted by Gasteiger charge is 2.20. The number of amides is 2. The number of esters is 1. The fourth-order valence-electron chi connectivity index (χ4n) is 2.74. The van der Waals surface area contributed by atoms with Crippen LogP contribution in [0.2, 0.25) is 0 Å². The maximum atomic E-state index is 12.6. The van der Waals surface area contributed by atoms with Gasteiger partial charge in [-0.25, -0.2) is 4.79 Å². The van der Waals surface area contributed by atoms with Crippen molar-refractivity contribution >= 4 is 29.2 Å². The third-order valence-corrected chi connectivity index (χ3v) is 4.42. The van der Waals surface area contributed by atoms with Crippen LogP contribution in [0.3, 0.4) is 0 Å². The number of hydrogen-bond acceptors (Lipinski definition) is 5. The Morgan fingerprint density at radius 2 is 1.81 bits per heavy atom. The van der Waals surface area contributed by atoms with Crippen molar-refractivity contribution in [3.8, 4) is 0 Å². The van der Waals surface area contributed by atoms with Gasteiger partial charge in [-0.05, 0) is 58.7 Å². The summed E-state index contributed by atoms with van der Waals surface area (Å²) >= 11 is 0. The Labute approximate surface area is 185 Å². The average molecular weight is 431 g/mol. The Bertz CT molecular complexity index is 838. The molecule has 0 radical (unpaired) electrons. The molecular formula is C24H34N2O5. The molecule has 0 atom stereocenters. The third-order valence-electron chi connectivity index (χ3n) is 4.42. The van der Waals surface area contributed by atoms with E-state index < -0.39 is 5.97 Å². The summed E-state index contributed by atoms with van der Waals surface area (Å²) in [4.78, 5) is 37.6. The number of nitrogens with zero attached hydrogens (tertiary/aromatic N) is 1. The van der Waals surface area contributed by atoms with E-state index >= 15 is 0 Å². The number of rotatable bonds is 11. The van der Waals surface area contributed by atoms with Gasteiger partial charge in [-0.15, -0.1) is 0 Å². The molecule has 0 fully saturated rings. The van der Waals surface area contributed by atoms with Crippen molar-refractivity contribution in [1.82, 2.24) is 0 Å². The molecule has 0 aliphatic carbocycles. The fraction of sp³-hybridized carbons (Fsp3) is 0.458. The summed E-state index contributed by atoms with van der Waals surface area (Å²) in [6, 6.07) is 4.69. The highest BCUT2D eigenvalue weighted by molar-refractivity contribution is 6.04. The second kappa shape index (κ2) is 13.4. The third kappa shape index (κ3) is 9.61. The average Bonchev–Trinajstić information content (AvgIpc) is 2.69. The van der Waals surface area contributed by atoms with Crippen LogP contribution in [0.25, 0.3) is 0 Å². The first-order valence-corrected chi connectivity index (χ1v) is 10.4. The summed E-state index contributed by atoms with van der Waals surface area (Å²) in [6.45, 7) is 9.68. The van der Waals surface area contributed by atoms with Crippen LogP contribution in [0.1, 0.15) is 57.8 Å². The number of likely N-dealkylation sites (N-methyl/N-ethyl adjacent to an activating group) is 1. The zero-order chi connectivity index (χ0) is 23.4. The molecule has 7 heteroatoms. The normalized spacial score (nSPS) is 11.0. The van der Waals surface area contributed by atoms with Gasteiger partial charge in [0.05, 0.1) is 24.5 Å². The molecule has 170 valence electrons. The van der Waals surface area contributed by atoms with E-state index in [-0.39, 0.29) is 30.6 Å². The predicted octanol–water partition coefficient (Wildman–Crippen LogP) is 4.49. The van der Waals surface area contributed by atoms with Crippen molar-refractivity contribution in [3.63, 3.8) is 0 Å². The molecule has 1 rings (SSSR count). The van der Waals surface area contributed by atoms with E-state index in [0.717, 1.165) is 12.8 Å². The molecule has 0 heterocycles. The van der Waals surface area contributed by atoms with E-state index in [1.54, 1.807) is 26.1 Å². The van der Waals surface area contributed by atoms with Crippen molar-refractivity contribution in [1.29, 1.82) is 0 Å². The van der Waals surface area contributed by atoms with Gasteiger partial charge in [0.15, 0.2) is 0 Å². The number of anilines is 2. The van der Waals surface area contributed by atoms with Crippen molar-refractivity contribution in [2.75, 3.05) is 37.1 Å². The lowest BCUT2D eigenvalue weighted by molar-refractivity contribution is -0.122. The number of carbonyl (C=O) groups excluding carboxylic acids is 3. The molecule has 0 saturated carbocycles. The first-order valence-electron chi connectivity index (χ1n) is 10.4. The van der Waals surface area contributed by atoms with Crippen molar-refractivity contribution in [2.24, 2.45) is 0 Å². The summed E-state index contributed by atoms with van der Waals surface area (Å²) in [6.07, 6.45) is 6.08. The number of benzene rings is 1. The Balaban J connectivity index is 2.81. The molecule has 0 aliphatic heterocycles. The van der Waals surface area contributed by atoms with Gasteiger partial charge in [0.1, 0.15) is 6.61 Å². The van der Waals surface area contributed by atoms with E-state index in [9.17, 15) is 14.4 Å². The van der Waals surface area contributed by atoms with Gasteiger partial charge in [-0.2, -0.15) is 0 Å². The highest BCUT2D eigenvalue weighted by atomic mass is 16.5. The molecule has 0 spiro atoms. The second-order valence-electron chi connectivity index (χ2n) is 7.47. The van der Waals surface area contributed by atoms with Gasteiger partial charge in [0.2, 0.25) is 5.91 Å². The van der Waals surface area contributed by atoms with E-state index in [0.29, 0.717) is 18.0 Å². The lowest BCUT2D eigenvalue weighted by Gasteiger charge is -2.21. The lowest BCUT2D eigenvalue weighted by atomic mass is 10.1. The summed E-state index contributed by atoms with van der Waals surface area (Å²) in [5.41, 5.74) is 3.55. The van der Waals surface area contributed by atoms with Crippen molar-refractivity contribution < 1.29 is 23.9 Å². The zero-order valence-corrected chi connectivity index (χ0v) is 19.4. The quantitative estimate of drug-likeness (QED) is 0.318. The molecule has 0 aromatic heterocycles. The number of nitrogens with one attached hydrogen (secondary N) is 1. The molecule has 0 saturated heterocycles. The molecule has 1 aromatic rings. The Kier molecular flexibility index (Phi) is 11.3. The highest BCUT2D eigenvalue weighted by Crippen LogP contribution is 2.25. The number of ether oxygens (including phenoxy) is 2. The number of carbonyl (C=O) groups is 3. The maximum Gasteiger partial charge on any atom is 0.340 e. The smallest absolute Gasteiger partial charge is 0.340 e. The lowest BCUT2D eigenvalue weighted by Crippen LogP contribution is -2.31. The van der Waals surface area contributed by atoms with E-state index in [1.807, 2.05) is 13.0 Å². The number of hydrogen-bond donors (Lipinski definition) is 1. The van der Waals surface area contributed by atoms with Crippen LogP contribution in [-0.2, 0) is 19.1 Å². The molecular weight excluding hydrogens is 396 g/mol. The first kappa shape index (κ1) is 26.1. The van der Waals surface area contributed by atoms with Crippen LogP contribution < -0.4 is 10.2 Å². The van der Waals surface area contributed by atoms with Gasteiger partial charge < -0.3 is 19.7 Å². The summed E-state index contributed by atoms with van der Waals surface area (Å²) in [5.74, 6) is -1.11. The Hall–Kier alpha value is -2.93. The van der Waals surface area contributed by atoms with Gasteiger partial charge in [-0.1, -0.05) is 23.3 Å². The van der Waals surface area contributed by atoms with Crippen LogP contribution >= 0.6 is 0 Å². The van der Waals surface area contributed by atoms with E-state index in [1.165, 1.54) is 29.0 Å². The van der Waals surface area contributed by atoms with Crippen LogP contribution in [0.5, 0.6) is 0 Å². The minimum atomic E-state index is -0.539. The van der Waals surface area contributed by atoms with Crippen LogP contribution in [-0.4, -0.2) is 44.7 Å². The first-order chi connectivity index (χ1) is 14.6. The van der Waals surface area contributed by atoms with E-state index in [2.05, 4.69) is 25.2 Å². The van der Waals surface area contributed by atoms with Crippen LogP contribution in [0, 0.1) is 0 Å². The standard InChI is InChI=1S/C24H34N2O5/c1-7-31-24(29)21-12-11-20(25-19(5)27)15-22(21)26(6)23(28)16-30-14-13-18(4)10-8-9-17(2)3/h9,11-13,15H,7-8,10,14,16H2,1-6H3,(H,25,27)/b18-13+. The summed E-state index contributed by atoms with van der Waals surface area (Å²) < 4.78 is 10.6. The van der Waals surface area contributed by atoms with E-state index in [4.69, 9.17) is 9.47 Å². The topological polar surface area (TPSA) is 84.9 Å². The Morgan fingerprint density at radius 1 is 1.10 bits per heavy atom. The second-order valence-corrected chi connectivity index (χ2v) is 7.47. The van der Waals surface area contributed by atoms with Gasteiger partial charge in [0.25, 0.3) is 5.91 Å². The largest absolute Gasteiger partial charge is 0.462 e. The SMILES string of the molecule is CCOC(=O)c1ccc(NC(C)=O)cc1N(C)C(=O)COC/C=C(\C)CCC=C(C)C. The summed E-state index contributed by atoms with van der Waals surface area (Å²) in [5, 5.41) is 2.65. The molecule has 1 aromatic carbocycles. The molecule has 2 amide bonds. The molecule has 0 bridgehead atoms. The fourth-order valence-corrected chi connectivity index (χ4v) is 2.74. The Morgan fingerprint density at radius 3 is 2.42 bits per heavy atom. The van der Waals surface area contributed by atoms with Crippen LogP contribution in [0.15, 0.2) is 41.5 Å². The van der Waals surface area contributed by atoms with Crippen molar-refractivity contribution in [3.05, 3.63) is 47.1 Å². The van der Waals surface area contributed by atoms with Gasteiger partial charge in [-0.3, -0.25) is 9.59 Å². The molecule has 31 heavy (non-hydrogen) atoms. The van der Waals surface area contributed by atoms with Crippen molar-refractivity contribution in [2.45, 2.75) is 47.5 Å². The maximum absolute atomic E-state index is 12.6. The minimum absolute atomic E-state index is 0.138. The zero-order valence-electron chi connectivity index (χ0n) is 19.4. The number of allylic oxidation sites excluding steroid dienone is 3. The molecule has 0 aliphatic rings. The summed E-state index contributed by atoms with van der Waals surface area (Å²) in [7, 11) is 1.56. The predicted molar refractivity (Wildman–Crippen MR) is 123 cm³/mol. The molecule has 0 unspecified atom stereocenters. The van der Waals surface area contributed by atoms with Gasteiger partial charge >= 0.3 is 5.97 Å². The van der Waals surface area contributed by atoms with Gasteiger partial charge in [0, 0.05) is 19.7 Å². The molecule has 1 N–H and O–H groups in total. The van der Waals surface area contributed by atoms with Crippen LogP contribution in [0.4, 0.5) is 11.4 Å². The minimum Gasteiger partial charge on any atom is -0.462 e. The monoisotopic (exact) mass is 430 g/mol. The molecule has 7 nitrogen and oxygen atoms in total.